The molecular weight excluding hydrogens is 264 g/mol. The predicted octanol–water partition coefficient (Wildman–Crippen LogP) is 1.47. The SMILES string of the molecule is CC(C)(C)[Si](C)(C)OC[C@H]1O[C@H]2O[C@H]1[C@@H]1O[C@@H]1C2=O. The molecule has 0 unspecified atom stereocenters. The first-order valence-corrected chi connectivity index (χ1v) is 9.75. The molecule has 5 atom stereocenters. The van der Waals surface area contributed by atoms with E-state index in [1.54, 1.807) is 0 Å². The molecule has 3 rings (SSSR count). The fourth-order valence-corrected chi connectivity index (χ4v) is 3.31. The quantitative estimate of drug-likeness (QED) is 0.581. The predicted molar refractivity (Wildman–Crippen MR) is 70.4 cm³/mol. The molecule has 0 aliphatic carbocycles. The van der Waals surface area contributed by atoms with E-state index in [0.717, 1.165) is 0 Å². The maximum absolute atomic E-state index is 11.7. The zero-order chi connectivity index (χ0) is 14.0. The molecule has 3 aliphatic rings. The van der Waals surface area contributed by atoms with Gasteiger partial charge in [0.1, 0.15) is 18.3 Å². The number of fused-ring (bicyclic) bond motifs is 4. The monoisotopic (exact) mass is 286 g/mol. The molecule has 0 amide bonds. The molecule has 0 aromatic rings. The van der Waals surface area contributed by atoms with Gasteiger partial charge in [0.2, 0.25) is 12.1 Å². The van der Waals surface area contributed by atoms with Gasteiger partial charge >= 0.3 is 0 Å². The second-order valence-electron chi connectivity index (χ2n) is 7.10. The number of carbonyl (C=O) groups excluding carboxylic acids is 1. The van der Waals surface area contributed by atoms with Crippen LogP contribution in [0.15, 0.2) is 0 Å². The van der Waals surface area contributed by atoms with Crippen LogP contribution in [0.1, 0.15) is 20.8 Å². The van der Waals surface area contributed by atoms with Crippen molar-refractivity contribution in [3.8, 4) is 0 Å². The van der Waals surface area contributed by atoms with E-state index in [2.05, 4.69) is 33.9 Å². The molecule has 6 heteroatoms. The molecule has 3 saturated heterocycles. The lowest BCUT2D eigenvalue weighted by molar-refractivity contribution is -0.151. The van der Waals surface area contributed by atoms with Crippen molar-refractivity contribution in [2.75, 3.05) is 6.61 Å². The molecule has 0 aromatic carbocycles. The van der Waals surface area contributed by atoms with Crippen LogP contribution in [0, 0.1) is 0 Å². The Bertz CT molecular complexity index is 402. The highest BCUT2D eigenvalue weighted by Crippen LogP contribution is 2.43. The molecule has 108 valence electrons. The van der Waals surface area contributed by atoms with Crippen LogP contribution in [0.25, 0.3) is 0 Å². The number of hydrogen-bond donors (Lipinski definition) is 0. The summed E-state index contributed by atoms with van der Waals surface area (Å²) in [5.41, 5.74) is 0. The Balaban J connectivity index is 1.62. The lowest BCUT2D eigenvalue weighted by atomic mass is 10.1. The van der Waals surface area contributed by atoms with Gasteiger partial charge in [-0.15, -0.1) is 0 Å². The van der Waals surface area contributed by atoms with Crippen LogP contribution in [-0.4, -0.2) is 51.4 Å². The zero-order valence-electron chi connectivity index (χ0n) is 12.1. The van der Waals surface area contributed by atoms with Crippen molar-refractivity contribution in [3.05, 3.63) is 0 Å². The van der Waals surface area contributed by atoms with Crippen LogP contribution >= 0.6 is 0 Å². The zero-order valence-corrected chi connectivity index (χ0v) is 13.1. The maximum Gasteiger partial charge on any atom is 0.221 e. The molecule has 19 heavy (non-hydrogen) atoms. The van der Waals surface area contributed by atoms with E-state index in [0.29, 0.717) is 6.61 Å². The summed E-state index contributed by atoms with van der Waals surface area (Å²) in [7, 11) is -1.80. The summed E-state index contributed by atoms with van der Waals surface area (Å²) in [5.74, 6) is -0.0731. The minimum Gasteiger partial charge on any atom is -0.414 e. The Morgan fingerprint density at radius 2 is 1.84 bits per heavy atom. The van der Waals surface area contributed by atoms with Gasteiger partial charge in [-0.25, -0.2) is 0 Å². The minimum atomic E-state index is -1.80. The summed E-state index contributed by atoms with van der Waals surface area (Å²) < 4.78 is 22.7. The van der Waals surface area contributed by atoms with E-state index >= 15 is 0 Å². The number of carbonyl (C=O) groups is 1. The van der Waals surface area contributed by atoms with E-state index in [4.69, 9.17) is 18.6 Å². The first kappa shape index (κ1) is 13.7. The molecule has 3 fully saturated rings. The Hall–Kier alpha value is -0.273. The van der Waals surface area contributed by atoms with E-state index in [9.17, 15) is 4.79 Å². The number of ketones is 1. The highest BCUT2D eigenvalue weighted by atomic mass is 28.4. The maximum atomic E-state index is 11.7. The van der Waals surface area contributed by atoms with Crippen LogP contribution in [-0.2, 0) is 23.4 Å². The average molecular weight is 286 g/mol. The van der Waals surface area contributed by atoms with Crippen molar-refractivity contribution in [1.82, 2.24) is 0 Å². The van der Waals surface area contributed by atoms with Gasteiger partial charge < -0.3 is 18.6 Å². The summed E-state index contributed by atoms with van der Waals surface area (Å²) in [4.78, 5) is 11.7. The van der Waals surface area contributed by atoms with Crippen LogP contribution in [0.5, 0.6) is 0 Å². The minimum absolute atomic E-state index is 0.0731. The number of rotatable bonds is 3. The molecule has 0 N–H and O–H groups in total. The van der Waals surface area contributed by atoms with Gasteiger partial charge in [-0.05, 0) is 18.1 Å². The van der Waals surface area contributed by atoms with Crippen molar-refractivity contribution >= 4 is 14.1 Å². The second-order valence-corrected chi connectivity index (χ2v) is 11.9. The smallest absolute Gasteiger partial charge is 0.221 e. The number of epoxide rings is 1. The van der Waals surface area contributed by atoms with Crippen molar-refractivity contribution in [2.24, 2.45) is 0 Å². The molecule has 5 nitrogen and oxygen atoms in total. The summed E-state index contributed by atoms with van der Waals surface area (Å²) in [6.45, 7) is 11.5. The Labute approximate surface area is 114 Å². The van der Waals surface area contributed by atoms with E-state index < -0.39 is 14.6 Å². The number of hydrogen-bond acceptors (Lipinski definition) is 5. The summed E-state index contributed by atoms with van der Waals surface area (Å²) in [6.07, 6.45) is -1.46. The lowest BCUT2D eigenvalue weighted by Gasteiger charge is -2.37. The summed E-state index contributed by atoms with van der Waals surface area (Å²) in [5, 5.41) is 0.163. The molecule has 3 aliphatic heterocycles. The molecular formula is C13H22O5Si. The van der Waals surface area contributed by atoms with Crippen LogP contribution in [0.3, 0.4) is 0 Å². The second kappa shape index (κ2) is 4.11. The van der Waals surface area contributed by atoms with Gasteiger partial charge in [-0.1, -0.05) is 20.8 Å². The van der Waals surface area contributed by atoms with Crippen LogP contribution in [0.2, 0.25) is 18.1 Å². The normalized spacial score (nSPS) is 41.3. The van der Waals surface area contributed by atoms with Gasteiger partial charge in [-0.3, -0.25) is 4.79 Å². The van der Waals surface area contributed by atoms with Gasteiger partial charge in [0, 0.05) is 0 Å². The van der Waals surface area contributed by atoms with Gasteiger partial charge in [0.25, 0.3) is 0 Å². The molecule has 0 spiro atoms. The average Bonchev–Trinajstić information content (AvgIpc) is 2.99. The Kier molecular flexibility index (Phi) is 2.97. The standard InChI is InChI=1S/C13H22O5Si/c1-13(2,3)19(4,5)15-6-7-9-11-10(17-11)8(14)12(16-7)18-9/h7,9-12H,6H2,1-5H3/t7-,9-,10-,11+,12+/m1/s1. The highest BCUT2D eigenvalue weighted by Gasteiger charge is 2.64. The third-order valence-electron chi connectivity index (χ3n) is 4.72. The van der Waals surface area contributed by atoms with Gasteiger partial charge in [0.05, 0.1) is 6.61 Å². The topological polar surface area (TPSA) is 57.3 Å². The van der Waals surface area contributed by atoms with Crippen molar-refractivity contribution in [3.63, 3.8) is 0 Å². The van der Waals surface area contributed by atoms with Crippen molar-refractivity contribution in [2.45, 2.75) is 69.6 Å². The molecule has 2 bridgehead atoms. The summed E-state index contributed by atoms with van der Waals surface area (Å²) >= 11 is 0. The fourth-order valence-electron chi connectivity index (χ4n) is 2.30. The highest BCUT2D eigenvalue weighted by molar-refractivity contribution is 6.74. The molecule has 0 saturated carbocycles. The van der Waals surface area contributed by atoms with Crippen LogP contribution in [0.4, 0.5) is 0 Å². The van der Waals surface area contributed by atoms with E-state index in [1.165, 1.54) is 0 Å². The molecule has 3 heterocycles. The largest absolute Gasteiger partial charge is 0.414 e. The fraction of sp³-hybridized carbons (Fsp3) is 0.923. The number of Topliss-reactive ketones (excluding diaryl/α,β-unsaturated/α-hetero) is 1. The first-order chi connectivity index (χ1) is 8.71. The molecule has 0 radical (unpaired) electrons. The number of ether oxygens (including phenoxy) is 3. The van der Waals surface area contributed by atoms with Crippen molar-refractivity contribution < 1.29 is 23.4 Å². The van der Waals surface area contributed by atoms with E-state index in [-0.39, 0.29) is 35.2 Å². The van der Waals surface area contributed by atoms with Crippen LogP contribution < -0.4 is 0 Å². The first-order valence-electron chi connectivity index (χ1n) is 6.85. The van der Waals surface area contributed by atoms with Gasteiger partial charge in [0.15, 0.2) is 14.4 Å². The molecule has 0 aromatic heterocycles. The van der Waals surface area contributed by atoms with E-state index in [1.807, 2.05) is 0 Å². The Morgan fingerprint density at radius 1 is 1.16 bits per heavy atom. The van der Waals surface area contributed by atoms with Gasteiger partial charge in [-0.2, -0.15) is 0 Å². The summed E-state index contributed by atoms with van der Waals surface area (Å²) in [6, 6.07) is 0. The lowest BCUT2D eigenvalue weighted by Crippen LogP contribution is -2.44. The third kappa shape index (κ3) is 2.19. The third-order valence-corrected chi connectivity index (χ3v) is 9.22. The Morgan fingerprint density at radius 3 is 2.47 bits per heavy atom. The van der Waals surface area contributed by atoms with Crippen molar-refractivity contribution in [1.29, 1.82) is 0 Å².